The number of carbonyl (C=O) groups excluding carboxylic acids is 1. The van der Waals surface area contributed by atoms with Crippen LogP contribution in [0.1, 0.15) is 43.7 Å². The van der Waals surface area contributed by atoms with Gasteiger partial charge >= 0.3 is 0 Å². The van der Waals surface area contributed by atoms with Gasteiger partial charge in [-0.15, -0.1) is 10.2 Å². The summed E-state index contributed by atoms with van der Waals surface area (Å²) in [6.45, 7) is 2.74. The van der Waals surface area contributed by atoms with Crippen molar-refractivity contribution in [1.29, 1.82) is 0 Å². The van der Waals surface area contributed by atoms with Crippen LogP contribution in [0.15, 0.2) is 29.4 Å². The summed E-state index contributed by atoms with van der Waals surface area (Å²) < 4.78 is 7.43. The molecule has 29 heavy (non-hydrogen) atoms. The molecule has 0 unspecified atom stereocenters. The molecule has 4 rings (SSSR count). The standard InChI is InChI=1S/C21H29N5O2S/c1-28-18-9-5-16(6-10-18)11-12-22-19(27)15-29-21-24-23-20(26(21)17-7-8-17)25-13-3-2-4-14-25/h5-6,9-10,17H,2-4,7-8,11-15H2,1H3,(H,22,27). The molecule has 1 saturated carbocycles. The first-order valence-electron chi connectivity index (χ1n) is 10.5. The summed E-state index contributed by atoms with van der Waals surface area (Å²) in [5.41, 5.74) is 1.18. The Morgan fingerprint density at radius 2 is 1.93 bits per heavy atom. The smallest absolute Gasteiger partial charge is 0.230 e. The van der Waals surface area contributed by atoms with Crippen LogP contribution in [0.4, 0.5) is 5.95 Å². The maximum Gasteiger partial charge on any atom is 0.230 e. The number of hydrogen-bond donors (Lipinski definition) is 1. The monoisotopic (exact) mass is 415 g/mol. The summed E-state index contributed by atoms with van der Waals surface area (Å²) in [7, 11) is 1.66. The molecule has 1 saturated heterocycles. The fourth-order valence-corrected chi connectivity index (χ4v) is 4.48. The minimum absolute atomic E-state index is 0.0355. The number of amides is 1. The van der Waals surface area contributed by atoms with E-state index in [4.69, 9.17) is 4.74 Å². The van der Waals surface area contributed by atoms with Crippen LogP contribution in [0.3, 0.4) is 0 Å². The second kappa shape index (κ2) is 9.52. The van der Waals surface area contributed by atoms with E-state index in [-0.39, 0.29) is 5.91 Å². The number of nitrogens with one attached hydrogen (secondary N) is 1. The Kier molecular flexibility index (Phi) is 6.59. The Morgan fingerprint density at radius 3 is 2.62 bits per heavy atom. The minimum Gasteiger partial charge on any atom is -0.497 e. The molecule has 1 amide bonds. The molecule has 7 nitrogen and oxygen atoms in total. The lowest BCUT2D eigenvalue weighted by molar-refractivity contribution is -0.118. The van der Waals surface area contributed by atoms with Gasteiger partial charge in [-0.1, -0.05) is 23.9 Å². The second-order valence-electron chi connectivity index (χ2n) is 7.67. The van der Waals surface area contributed by atoms with Crippen LogP contribution in [0, 0.1) is 0 Å². The highest BCUT2D eigenvalue weighted by atomic mass is 32.2. The van der Waals surface area contributed by atoms with Gasteiger partial charge in [-0.2, -0.15) is 0 Å². The van der Waals surface area contributed by atoms with E-state index in [1.165, 1.54) is 49.4 Å². The van der Waals surface area contributed by atoms with Crippen LogP contribution in [0.5, 0.6) is 5.75 Å². The van der Waals surface area contributed by atoms with Gasteiger partial charge < -0.3 is 15.0 Å². The third-order valence-electron chi connectivity index (χ3n) is 5.42. The number of ether oxygens (including phenoxy) is 1. The molecule has 2 heterocycles. The summed E-state index contributed by atoms with van der Waals surface area (Å²) in [5.74, 6) is 2.24. The number of hydrogen-bond acceptors (Lipinski definition) is 6. The van der Waals surface area contributed by atoms with Crippen LogP contribution in [-0.4, -0.2) is 53.2 Å². The van der Waals surface area contributed by atoms with Crippen molar-refractivity contribution < 1.29 is 9.53 Å². The highest BCUT2D eigenvalue weighted by Crippen LogP contribution is 2.41. The van der Waals surface area contributed by atoms with Crippen molar-refractivity contribution in [2.45, 2.75) is 49.7 Å². The average Bonchev–Trinajstić information content (AvgIpc) is 3.52. The third-order valence-corrected chi connectivity index (χ3v) is 6.37. The molecule has 0 atom stereocenters. The fraction of sp³-hybridized carbons (Fsp3) is 0.571. The summed E-state index contributed by atoms with van der Waals surface area (Å²) >= 11 is 1.49. The van der Waals surface area contributed by atoms with Crippen LogP contribution in [0.2, 0.25) is 0 Å². The Bertz CT molecular complexity index is 813. The number of rotatable bonds is 9. The van der Waals surface area contributed by atoms with E-state index in [0.29, 0.717) is 18.3 Å². The molecule has 1 N–H and O–H groups in total. The van der Waals surface area contributed by atoms with Gasteiger partial charge in [0.25, 0.3) is 0 Å². The number of anilines is 1. The van der Waals surface area contributed by atoms with Gasteiger partial charge in [0.2, 0.25) is 11.9 Å². The first-order valence-corrected chi connectivity index (χ1v) is 11.5. The normalized spacial score (nSPS) is 16.7. The van der Waals surface area contributed by atoms with Crippen molar-refractivity contribution in [3.8, 4) is 5.75 Å². The lowest BCUT2D eigenvalue weighted by Crippen LogP contribution is -2.32. The van der Waals surface area contributed by atoms with Crippen LogP contribution >= 0.6 is 11.8 Å². The zero-order valence-corrected chi connectivity index (χ0v) is 17.8. The lowest BCUT2D eigenvalue weighted by atomic mass is 10.1. The Hall–Kier alpha value is -2.22. The van der Waals surface area contributed by atoms with Crippen LogP contribution < -0.4 is 15.0 Å². The van der Waals surface area contributed by atoms with Gasteiger partial charge in [0, 0.05) is 25.7 Å². The van der Waals surface area contributed by atoms with E-state index in [9.17, 15) is 4.79 Å². The van der Waals surface area contributed by atoms with Crippen molar-refractivity contribution in [3.05, 3.63) is 29.8 Å². The summed E-state index contributed by atoms with van der Waals surface area (Å²) in [6.07, 6.45) is 6.90. The maximum absolute atomic E-state index is 12.3. The largest absolute Gasteiger partial charge is 0.497 e. The minimum atomic E-state index is 0.0355. The predicted octanol–water partition coefficient (Wildman–Crippen LogP) is 3.06. The number of benzene rings is 1. The van der Waals surface area contributed by atoms with E-state index in [1.54, 1.807) is 7.11 Å². The van der Waals surface area contributed by atoms with Gasteiger partial charge in [0.15, 0.2) is 5.16 Å². The average molecular weight is 416 g/mol. The summed E-state index contributed by atoms with van der Waals surface area (Å²) in [5, 5.41) is 12.8. The van der Waals surface area contributed by atoms with Crippen molar-refractivity contribution in [3.63, 3.8) is 0 Å². The van der Waals surface area contributed by atoms with Crippen molar-refractivity contribution in [1.82, 2.24) is 20.1 Å². The van der Waals surface area contributed by atoms with E-state index in [1.807, 2.05) is 24.3 Å². The third kappa shape index (κ3) is 5.23. The summed E-state index contributed by atoms with van der Waals surface area (Å²) in [4.78, 5) is 14.6. The Morgan fingerprint density at radius 1 is 1.17 bits per heavy atom. The first-order chi connectivity index (χ1) is 14.2. The molecule has 1 aromatic heterocycles. The highest BCUT2D eigenvalue weighted by molar-refractivity contribution is 7.99. The number of aromatic nitrogens is 3. The SMILES string of the molecule is COc1ccc(CCNC(=O)CSc2nnc(N3CCCCC3)n2C2CC2)cc1. The van der Waals surface area contributed by atoms with Crippen LogP contribution in [-0.2, 0) is 11.2 Å². The van der Waals surface area contributed by atoms with Crippen molar-refractivity contribution in [2.24, 2.45) is 0 Å². The number of carbonyl (C=O) groups is 1. The second-order valence-corrected chi connectivity index (χ2v) is 8.61. The van der Waals surface area contributed by atoms with Crippen LogP contribution in [0.25, 0.3) is 0 Å². The summed E-state index contributed by atoms with van der Waals surface area (Å²) in [6, 6.07) is 8.44. The molecule has 0 spiro atoms. The topological polar surface area (TPSA) is 72.3 Å². The van der Waals surface area contributed by atoms with E-state index in [0.717, 1.165) is 36.4 Å². The number of methoxy groups -OCH3 is 1. The molecule has 0 bridgehead atoms. The molecular formula is C21H29N5O2S. The van der Waals surface area contributed by atoms with Gasteiger partial charge in [-0.05, 0) is 56.2 Å². The molecule has 1 aromatic carbocycles. The van der Waals surface area contributed by atoms with Gasteiger partial charge in [0.1, 0.15) is 5.75 Å². The molecule has 8 heteroatoms. The van der Waals surface area contributed by atoms with Crippen molar-refractivity contribution in [2.75, 3.05) is 37.4 Å². The van der Waals surface area contributed by atoms with Crippen molar-refractivity contribution >= 4 is 23.6 Å². The maximum atomic E-state index is 12.3. The van der Waals surface area contributed by atoms with Gasteiger partial charge in [-0.3, -0.25) is 9.36 Å². The Balaban J connectivity index is 1.27. The predicted molar refractivity (Wildman–Crippen MR) is 115 cm³/mol. The van der Waals surface area contributed by atoms with E-state index in [2.05, 4.69) is 25.0 Å². The zero-order valence-electron chi connectivity index (χ0n) is 17.0. The molecule has 2 aromatic rings. The molecule has 1 aliphatic carbocycles. The molecule has 1 aliphatic heterocycles. The zero-order chi connectivity index (χ0) is 20.1. The van der Waals surface area contributed by atoms with E-state index < -0.39 is 0 Å². The lowest BCUT2D eigenvalue weighted by Gasteiger charge is -2.27. The molecule has 2 fully saturated rings. The number of thioether (sulfide) groups is 1. The van der Waals surface area contributed by atoms with Gasteiger partial charge in [0.05, 0.1) is 12.9 Å². The fourth-order valence-electron chi connectivity index (χ4n) is 3.65. The molecular weight excluding hydrogens is 386 g/mol. The quantitative estimate of drug-likeness (QED) is 0.635. The molecule has 2 aliphatic rings. The first kappa shape index (κ1) is 20.1. The number of nitrogens with zero attached hydrogens (tertiary/aromatic N) is 4. The number of piperidine rings is 1. The van der Waals surface area contributed by atoms with Gasteiger partial charge in [-0.25, -0.2) is 0 Å². The highest BCUT2D eigenvalue weighted by Gasteiger charge is 2.32. The molecule has 0 radical (unpaired) electrons. The Labute approximate surface area is 176 Å². The molecule has 156 valence electrons. The van der Waals surface area contributed by atoms with E-state index >= 15 is 0 Å².